The molecule has 0 spiro atoms. The molecule has 3 rings (SSSR count). The average Bonchev–Trinajstić information content (AvgIpc) is 2.58. The van der Waals surface area contributed by atoms with E-state index < -0.39 is 23.7 Å². The van der Waals surface area contributed by atoms with Crippen molar-refractivity contribution in [2.75, 3.05) is 0 Å². The van der Waals surface area contributed by atoms with Gasteiger partial charge in [0.05, 0.1) is 10.6 Å². The highest BCUT2D eigenvalue weighted by Gasteiger charge is 2.38. The molecule has 1 fully saturated rings. The number of hydrogen-bond acceptors (Lipinski definition) is 6. The average molecular weight is 387 g/mol. The first-order valence-electron chi connectivity index (χ1n) is 8.00. The molecule has 0 amide bonds. The highest BCUT2D eigenvalue weighted by atomic mass is 35.5. The van der Waals surface area contributed by atoms with Crippen molar-refractivity contribution in [1.82, 2.24) is 0 Å². The number of cyclic esters (lactones) is 2. The Hall–Kier alpha value is -3.12. The van der Waals surface area contributed by atoms with Gasteiger partial charge in [-0.3, -0.25) is 0 Å². The van der Waals surface area contributed by atoms with E-state index in [9.17, 15) is 14.4 Å². The van der Waals surface area contributed by atoms with Crippen molar-refractivity contribution in [2.24, 2.45) is 0 Å². The number of hydrogen-bond donors (Lipinski definition) is 0. The summed E-state index contributed by atoms with van der Waals surface area (Å²) in [6.45, 7) is 2.93. The Labute approximate surface area is 160 Å². The van der Waals surface area contributed by atoms with Gasteiger partial charge in [-0.1, -0.05) is 35.9 Å². The van der Waals surface area contributed by atoms with E-state index in [0.29, 0.717) is 5.56 Å². The maximum Gasteiger partial charge on any atom is 0.348 e. The van der Waals surface area contributed by atoms with Gasteiger partial charge in [-0.25, -0.2) is 14.4 Å². The van der Waals surface area contributed by atoms with Gasteiger partial charge in [0.2, 0.25) is 0 Å². The van der Waals surface area contributed by atoms with E-state index in [-0.39, 0.29) is 21.9 Å². The normalized spacial score (nSPS) is 15.6. The third-order valence-corrected chi connectivity index (χ3v) is 3.92. The molecule has 0 aliphatic carbocycles. The molecule has 0 N–H and O–H groups in total. The first kappa shape index (κ1) is 18.7. The summed E-state index contributed by atoms with van der Waals surface area (Å²) in [7, 11) is 0. The van der Waals surface area contributed by atoms with Gasteiger partial charge in [0.25, 0.3) is 5.79 Å². The minimum atomic E-state index is -1.31. The quantitative estimate of drug-likeness (QED) is 0.346. The number of carbonyl (C=O) groups excluding carboxylic acids is 3. The van der Waals surface area contributed by atoms with E-state index in [1.807, 2.05) is 0 Å². The third kappa shape index (κ3) is 4.35. The van der Waals surface area contributed by atoms with E-state index in [1.54, 1.807) is 42.5 Å². The predicted octanol–water partition coefficient (Wildman–Crippen LogP) is 3.78. The van der Waals surface area contributed by atoms with Crippen LogP contribution in [0.1, 0.15) is 29.8 Å². The van der Waals surface area contributed by atoms with Gasteiger partial charge in [-0.15, -0.1) is 0 Å². The maximum atomic E-state index is 12.2. The monoisotopic (exact) mass is 386 g/mol. The summed E-state index contributed by atoms with van der Waals surface area (Å²) >= 11 is 5.99. The van der Waals surface area contributed by atoms with E-state index in [4.69, 9.17) is 25.8 Å². The van der Waals surface area contributed by atoms with Crippen LogP contribution in [0, 0.1) is 0 Å². The zero-order valence-corrected chi connectivity index (χ0v) is 15.3. The molecule has 27 heavy (non-hydrogen) atoms. The highest BCUT2D eigenvalue weighted by molar-refractivity contribution is 6.33. The molecule has 138 valence electrons. The lowest BCUT2D eigenvalue weighted by Gasteiger charge is -2.29. The fourth-order valence-corrected chi connectivity index (χ4v) is 2.61. The van der Waals surface area contributed by atoms with Crippen LogP contribution >= 0.6 is 11.6 Å². The van der Waals surface area contributed by atoms with Crippen molar-refractivity contribution >= 4 is 35.6 Å². The number of benzene rings is 2. The SMILES string of the molecule is CC1(C)OC(=O)C(=Cc2cccc(OC(=O)c3ccccc3Cl)c2)C(=O)O1. The Kier molecular flexibility index (Phi) is 5.01. The number of carbonyl (C=O) groups is 3. The Morgan fingerprint density at radius 3 is 2.37 bits per heavy atom. The van der Waals surface area contributed by atoms with Crippen LogP contribution in [0.2, 0.25) is 5.02 Å². The fourth-order valence-electron chi connectivity index (χ4n) is 2.40. The largest absolute Gasteiger partial charge is 0.423 e. The molecule has 1 aliphatic heterocycles. The van der Waals surface area contributed by atoms with Gasteiger partial charge in [0.1, 0.15) is 11.3 Å². The van der Waals surface area contributed by atoms with Crippen molar-refractivity contribution in [1.29, 1.82) is 0 Å². The molecule has 0 radical (unpaired) electrons. The van der Waals surface area contributed by atoms with Crippen molar-refractivity contribution < 1.29 is 28.6 Å². The van der Waals surface area contributed by atoms with E-state index in [1.165, 1.54) is 26.0 Å². The third-order valence-electron chi connectivity index (χ3n) is 3.59. The van der Waals surface area contributed by atoms with Crippen molar-refractivity contribution in [2.45, 2.75) is 19.6 Å². The summed E-state index contributed by atoms with van der Waals surface area (Å²) in [5.41, 5.74) is 0.441. The molecule has 2 aromatic rings. The zero-order valence-electron chi connectivity index (χ0n) is 14.5. The minimum absolute atomic E-state index is 0.226. The van der Waals surface area contributed by atoms with Crippen molar-refractivity contribution in [3.63, 3.8) is 0 Å². The van der Waals surface area contributed by atoms with E-state index >= 15 is 0 Å². The predicted molar refractivity (Wildman–Crippen MR) is 97.1 cm³/mol. The minimum Gasteiger partial charge on any atom is -0.423 e. The second-order valence-electron chi connectivity index (χ2n) is 6.18. The zero-order chi connectivity index (χ0) is 19.6. The molecule has 2 aromatic carbocycles. The van der Waals surface area contributed by atoms with Crippen LogP contribution in [0.3, 0.4) is 0 Å². The second kappa shape index (κ2) is 7.25. The number of halogens is 1. The molecule has 0 saturated carbocycles. The molecule has 6 nitrogen and oxygen atoms in total. The Bertz CT molecular complexity index is 938. The molecule has 0 bridgehead atoms. The highest BCUT2D eigenvalue weighted by Crippen LogP contribution is 2.25. The summed E-state index contributed by atoms with van der Waals surface area (Å²) in [4.78, 5) is 36.3. The van der Waals surface area contributed by atoms with Gasteiger partial charge in [0.15, 0.2) is 0 Å². The Balaban J connectivity index is 1.82. The Morgan fingerprint density at radius 1 is 1.04 bits per heavy atom. The first-order valence-corrected chi connectivity index (χ1v) is 8.38. The molecule has 0 aromatic heterocycles. The molecule has 0 atom stereocenters. The van der Waals surface area contributed by atoms with Crippen LogP contribution in [-0.2, 0) is 19.1 Å². The topological polar surface area (TPSA) is 78.9 Å². The van der Waals surface area contributed by atoms with Crippen LogP contribution < -0.4 is 4.74 Å². The lowest BCUT2D eigenvalue weighted by molar-refractivity contribution is -0.222. The van der Waals surface area contributed by atoms with Crippen LogP contribution in [0.15, 0.2) is 54.1 Å². The van der Waals surface area contributed by atoms with Crippen LogP contribution in [0.25, 0.3) is 6.08 Å². The van der Waals surface area contributed by atoms with Gasteiger partial charge in [-0.2, -0.15) is 0 Å². The van der Waals surface area contributed by atoms with Gasteiger partial charge < -0.3 is 14.2 Å². The molecule has 1 saturated heterocycles. The van der Waals surface area contributed by atoms with E-state index in [2.05, 4.69) is 0 Å². The van der Waals surface area contributed by atoms with E-state index in [0.717, 1.165) is 0 Å². The lowest BCUT2D eigenvalue weighted by Crippen LogP contribution is -2.41. The molecule has 1 heterocycles. The van der Waals surface area contributed by atoms with Crippen LogP contribution in [0.5, 0.6) is 5.75 Å². The molecule has 1 aliphatic rings. The standard InChI is InChI=1S/C20H15ClO6/c1-20(2)26-18(23)15(19(24)27-20)11-12-6-5-7-13(10-12)25-17(22)14-8-3-4-9-16(14)21/h3-11H,1-2H3. The summed E-state index contributed by atoms with van der Waals surface area (Å²) in [6.07, 6.45) is 1.31. The first-order chi connectivity index (χ1) is 12.7. The molecular formula is C20H15ClO6. The van der Waals surface area contributed by atoms with Crippen molar-refractivity contribution in [3.8, 4) is 5.75 Å². The lowest BCUT2D eigenvalue weighted by atomic mass is 10.1. The number of esters is 3. The van der Waals surface area contributed by atoms with Crippen molar-refractivity contribution in [3.05, 3.63) is 70.3 Å². The summed E-state index contributed by atoms with van der Waals surface area (Å²) in [6, 6.07) is 12.8. The second-order valence-corrected chi connectivity index (χ2v) is 6.59. The van der Waals surface area contributed by atoms with Crippen LogP contribution in [-0.4, -0.2) is 23.7 Å². The van der Waals surface area contributed by atoms with Crippen LogP contribution in [0.4, 0.5) is 0 Å². The number of rotatable bonds is 3. The molecule has 0 unspecified atom stereocenters. The summed E-state index contributed by atoms with van der Waals surface area (Å²) < 4.78 is 15.4. The molecule has 7 heteroatoms. The molecular weight excluding hydrogens is 372 g/mol. The van der Waals surface area contributed by atoms with Gasteiger partial charge in [0, 0.05) is 13.8 Å². The maximum absolute atomic E-state index is 12.2. The van der Waals surface area contributed by atoms with Gasteiger partial charge >= 0.3 is 17.9 Å². The Morgan fingerprint density at radius 2 is 1.70 bits per heavy atom. The number of ether oxygens (including phenoxy) is 3. The smallest absolute Gasteiger partial charge is 0.348 e. The fraction of sp³-hybridized carbons (Fsp3) is 0.150. The summed E-state index contributed by atoms with van der Waals surface area (Å²) in [5, 5.41) is 0.274. The van der Waals surface area contributed by atoms with Gasteiger partial charge in [-0.05, 0) is 35.9 Å². The summed E-state index contributed by atoms with van der Waals surface area (Å²) in [5.74, 6) is -3.27.